The van der Waals surface area contributed by atoms with Crippen LogP contribution >= 0.6 is 0 Å². The number of carbonyl (C=O) groups excluding carboxylic acids is 2. The van der Waals surface area contributed by atoms with E-state index in [4.69, 9.17) is 14.2 Å². The summed E-state index contributed by atoms with van der Waals surface area (Å²) in [6.07, 6.45) is 0.235. The van der Waals surface area contributed by atoms with Crippen LogP contribution in [0.4, 0.5) is 0 Å². The van der Waals surface area contributed by atoms with E-state index in [1.807, 2.05) is 30.3 Å². The van der Waals surface area contributed by atoms with Crippen molar-refractivity contribution in [1.29, 1.82) is 0 Å². The van der Waals surface area contributed by atoms with Crippen LogP contribution in [0.25, 0.3) is 0 Å². The first kappa shape index (κ1) is 18.7. The maximum absolute atomic E-state index is 12.4. The van der Waals surface area contributed by atoms with E-state index in [-0.39, 0.29) is 12.2 Å². The van der Waals surface area contributed by atoms with Gasteiger partial charge in [-0.1, -0.05) is 48.4 Å². The van der Waals surface area contributed by atoms with Gasteiger partial charge in [0.15, 0.2) is 5.78 Å². The molecule has 0 aromatic heterocycles. The van der Waals surface area contributed by atoms with Gasteiger partial charge >= 0.3 is 5.97 Å². The van der Waals surface area contributed by atoms with Crippen LogP contribution in [-0.4, -0.2) is 31.1 Å². The number of esters is 1. The average Bonchev–Trinajstić information content (AvgIpc) is 2.70. The lowest BCUT2D eigenvalue weighted by Crippen LogP contribution is -2.48. The zero-order chi connectivity index (χ0) is 19.1. The first-order chi connectivity index (χ1) is 13.1. The molecule has 1 atom stereocenters. The molecule has 2 aromatic carbocycles. The van der Waals surface area contributed by atoms with Crippen molar-refractivity contribution in [2.75, 3.05) is 13.7 Å². The summed E-state index contributed by atoms with van der Waals surface area (Å²) in [6, 6.07) is 16.6. The summed E-state index contributed by atoms with van der Waals surface area (Å²) in [5, 5.41) is 0. The summed E-state index contributed by atoms with van der Waals surface area (Å²) in [7, 11) is 1.25. The molecule has 0 unspecified atom stereocenters. The zero-order valence-corrected chi connectivity index (χ0v) is 15.1. The Kier molecular flexibility index (Phi) is 5.90. The van der Waals surface area contributed by atoms with Gasteiger partial charge in [0.05, 0.1) is 32.3 Å². The van der Waals surface area contributed by atoms with Crippen LogP contribution in [0.5, 0.6) is 5.75 Å². The smallest absolute Gasteiger partial charge is 0.363 e. The van der Waals surface area contributed by atoms with Crippen LogP contribution in [0.3, 0.4) is 0 Å². The largest absolute Gasteiger partial charge is 0.465 e. The molecule has 0 fully saturated rings. The topological polar surface area (TPSA) is 61.8 Å². The standard InChI is InChI=1S/C22H20O5/c1-25-21(24)22(15-19(23)18-11-5-6-12-20(18)27-22)13-7-8-14-26-16-17-9-3-2-4-10-17/h2-6,9-12H,8,14-16H2,1H3/t22-/m0/s1. The SMILES string of the molecule is COC(=O)[C@]1(C#CCCOCc2ccccc2)CC(=O)c2ccccc2O1. The van der Waals surface area contributed by atoms with Crippen LogP contribution in [-0.2, 0) is 20.9 Å². The molecule has 0 saturated carbocycles. The number of carbonyl (C=O) groups is 2. The van der Waals surface area contributed by atoms with E-state index in [0.717, 1.165) is 5.56 Å². The van der Waals surface area contributed by atoms with Crippen molar-refractivity contribution in [1.82, 2.24) is 0 Å². The Balaban J connectivity index is 1.66. The Labute approximate surface area is 158 Å². The van der Waals surface area contributed by atoms with Crippen molar-refractivity contribution >= 4 is 11.8 Å². The van der Waals surface area contributed by atoms with Gasteiger partial charge in [-0.3, -0.25) is 4.79 Å². The van der Waals surface area contributed by atoms with E-state index in [1.165, 1.54) is 7.11 Å². The molecule has 0 N–H and O–H groups in total. The fourth-order valence-corrected chi connectivity index (χ4v) is 2.82. The van der Waals surface area contributed by atoms with Crippen molar-refractivity contribution in [2.24, 2.45) is 0 Å². The first-order valence-corrected chi connectivity index (χ1v) is 8.66. The molecule has 5 heteroatoms. The molecular formula is C22H20O5. The van der Waals surface area contributed by atoms with Gasteiger partial charge in [-0.2, -0.15) is 0 Å². The molecule has 1 aliphatic heterocycles. The molecule has 27 heavy (non-hydrogen) atoms. The van der Waals surface area contributed by atoms with Crippen molar-refractivity contribution in [2.45, 2.75) is 25.0 Å². The van der Waals surface area contributed by atoms with E-state index in [9.17, 15) is 9.59 Å². The predicted octanol–water partition coefficient (Wildman–Crippen LogP) is 3.17. The van der Waals surface area contributed by atoms with Crippen molar-refractivity contribution in [3.63, 3.8) is 0 Å². The highest BCUT2D eigenvalue weighted by Crippen LogP contribution is 2.33. The van der Waals surface area contributed by atoms with Crippen molar-refractivity contribution in [3.05, 3.63) is 65.7 Å². The molecule has 0 bridgehead atoms. The number of hydrogen-bond acceptors (Lipinski definition) is 5. The number of rotatable bonds is 5. The lowest BCUT2D eigenvalue weighted by atomic mass is 9.90. The first-order valence-electron chi connectivity index (χ1n) is 8.66. The maximum atomic E-state index is 12.4. The molecular weight excluding hydrogens is 344 g/mol. The van der Waals surface area contributed by atoms with Crippen LogP contribution in [0.2, 0.25) is 0 Å². The van der Waals surface area contributed by atoms with Crippen LogP contribution in [0.15, 0.2) is 54.6 Å². The summed E-state index contributed by atoms with van der Waals surface area (Å²) >= 11 is 0. The fraction of sp³-hybridized carbons (Fsp3) is 0.273. The summed E-state index contributed by atoms with van der Waals surface area (Å²) in [6.45, 7) is 0.900. The number of methoxy groups -OCH3 is 1. The van der Waals surface area contributed by atoms with Crippen molar-refractivity contribution < 1.29 is 23.8 Å². The number of hydrogen-bond donors (Lipinski definition) is 0. The monoisotopic (exact) mass is 364 g/mol. The number of ether oxygens (including phenoxy) is 3. The second kappa shape index (κ2) is 8.52. The minimum Gasteiger partial charge on any atom is -0.465 e. The Morgan fingerprint density at radius 3 is 2.67 bits per heavy atom. The van der Waals surface area contributed by atoms with E-state index in [0.29, 0.717) is 30.9 Å². The summed E-state index contributed by atoms with van der Waals surface area (Å²) in [4.78, 5) is 24.7. The summed E-state index contributed by atoms with van der Waals surface area (Å²) < 4.78 is 16.2. The second-order valence-corrected chi connectivity index (χ2v) is 6.11. The van der Waals surface area contributed by atoms with Gasteiger partial charge in [-0.15, -0.1) is 0 Å². The maximum Gasteiger partial charge on any atom is 0.363 e. The van der Waals surface area contributed by atoms with Gasteiger partial charge in [0, 0.05) is 6.42 Å². The minimum atomic E-state index is -1.61. The van der Waals surface area contributed by atoms with E-state index >= 15 is 0 Å². The van der Waals surface area contributed by atoms with Gasteiger partial charge in [0.1, 0.15) is 5.75 Å². The molecule has 0 aliphatic carbocycles. The summed E-state index contributed by atoms with van der Waals surface area (Å²) in [5.74, 6) is 5.17. The average molecular weight is 364 g/mol. The highest BCUT2D eigenvalue weighted by molar-refractivity contribution is 6.04. The quantitative estimate of drug-likeness (QED) is 0.463. The molecule has 1 heterocycles. The molecule has 138 valence electrons. The number of Topliss-reactive ketones (excluding diaryl/α,β-unsaturated/α-hetero) is 1. The third kappa shape index (κ3) is 4.36. The Morgan fingerprint density at radius 2 is 1.89 bits per heavy atom. The van der Waals surface area contributed by atoms with Gasteiger partial charge in [-0.25, -0.2) is 4.79 Å². The van der Waals surface area contributed by atoms with Crippen LogP contribution in [0.1, 0.15) is 28.8 Å². The number of benzene rings is 2. The molecule has 0 radical (unpaired) electrons. The number of ketones is 1. The Hall–Kier alpha value is -3.10. The number of fused-ring (bicyclic) bond motifs is 1. The van der Waals surface area contributed by atoms with Gasteiger partial charge in [0.25, 0.3) is 5.60 Å². The highest BCUT2D eigenvalue weighted by atomic mass is 16.6. The predicted molar refractivity (Wildman–Crippen MR) is 99.3 cm³/mol. The van der Waals surface area contributed by atoms with Gasteiger partial charge < -0.3 is 14.2 Å². The third-order valence-electron chi connectivity index (χ3n) is 4.17. The Bertz CT molecular complexity index is 878. The zero-order valence-electron chi connectivity index (χ0n) is 15.1. The Morgan fingerprint density at radius 1 is 1.15 bits per heavy atom. The molecule has 3 rings (SSSR count). The van der Waals surface area contributed by atoms with E-state index in [1.54, 1.807) is 24.3 Å². The molecule has 1 aliphatic rings. The van der Waals surface area contributed by atoms with Crippen molar-refractivity contribution in [3.8, 4) is 17.6 Å². The van der Waals surface area contributed by atoms with Crippen LogP contribution in [0, 0.1) is 11.8 Å². The summed E-state index contributed by atoms with van der Waals surface area (Å²) in [5.41, 5.74) is -0.0843. The third-order valence-corrected chi connectivity index (χ3v) is 4.17. The van der Waals surface area contributed by atoms with Crippen LogP contribution < -0.4 is 4.74 Å². The molecule has 5 nitrogen and oxygen atoms in total. The van der Waals surface area contributed by atoms with E-state index in [2.05, 4.69) is 11.8 Å². The van der Waals surface area contributed by atoms with Gasteiger partial charge in [-0.05, 0) is 23.6 Å². The second-order valence-electron chi connectivity index (χ2n) is 6.11. The van der Waals surface area contributed by atoms with Gasteiger partial charge in [0.2, 0.25) is 0 Å². The minimum absolute atomic E-state index is 0.172. The van der Waals surface area contributed by atoms with E-state index < -0.39 is 11.6 Å². The lowest BCUT2D eigenvalue weighted by molar-refractivity contribution is -0.154. The molecule has 0 amide bonds. The normalized spacial score (nSPS) is 17.9. The highest BCUT2D eigenvalue weighted by Gasteiger charge is 2.47. The molecule has 2 aromatic rings. The number of para-hydroxylation sites is 1. The molecule has 0 saturated heterocycles. The lowest BCUT2D eigenvalue weighted by Gasteiger charge is -2.31. The molecule has 0 spiro atoms. The fourth-order valence-electron chi connectivity index (χ4n) is 2.82.